The molecule has 3 aromatic rings. The second-order valence-corrected chi connectivity index (χ2v) is 8.39. The van der Waals surface area contributed by atoms with Crippen LogP contribution in [0.2, 0.25) is 5.02 Å². The van der Waals surface area contributed by atoms with Gasteiger partial charge < -0.3 is 14.7 Å². The van der Waals surface area contributed by atoms with Gasteiger partial charge in [0.2, 0.25) is 0 Å². The topological polar surface area (TPSA) is 32.7 Å². The van der Waals surface area contributed by atoms with E-state index in [2.05, 4.69) is 0 Å². The predicted octanol–water partition coefficient (Wildman–Crippen LogP) is 8.24. The van der Waals surface area contributed by atoms with E-state index in [0.29, 0.717) is 24.3 Å². The average molecular weight is 576 g/mol. The number of rotatable bonds is 7. The van der Waals surface area contributed by atoms with Crippen LogP contribution < -0.4 is 9.64 Å². The molecular weight excluding hydrogens is 560 g/mol. The Hall–Kier alpha value is -3.19. The number of nitrogens with zero attached hydrogens (tertiary/aromatic N) is 1. The predicted molar refractivity (Wildman–Crippen MR) is 117 cm³/mol. The van der Waals surface area contributed by atoms with Crippen LogP contribution >= 0.6 is 11.6 Å². The lowest BCUT2D eigenvalue weighted by Crippen LogP contribution is -2.41. The molecule has 38 heavy (non-hydrogen) atoms. The SMILES string of the molecule is O[C@H](CN(Cc1cc(C(F)(F)F)ccc1F)c1cccc(Oc2ccc(Cl)c(C(F)(F)F)c2)c1)C(F)(F)F. The highest BCUT2D eigenvalue weighted by Crippen LogP contribution is 2.38. The van der Waals surface area contributed by atoms with E-state index >= 15 is 0 Å². The minimum absolute atomic E-state index is 0.160. The van der Waals surface area contributed by atoms with Crippen molar-refractivity contribution in [3.63, 3.8) is 0 Å². The van der Waals surface area contributed by atoms with Crippen LogP contribution in [-0.2, 0) is 18.9 Å². The van der Waals surface area contributed by atoms with Crippen molar-refractivity contribution in [3.05, 3.63) is 88.2 Å². The highest BCUT2D eigenvalue weighted by molar-refractivity contribution is 6.31. The molecule has 0 aliphatic heterocycles. The summed E-state index contributed by atoms with van der Waals surface area (Å²) in [5.41, 5.74) is -3.23. The van der Waals surface area contributed by atoms with Crippen LogP contribution in [0.15, 0.2) is 60.7 Å². The van der Waals surface area contributed by atoms with Gasteiger partial charge in [-0.25, -0.2) is 4.39 Å². The van der Waals surface area contributed by atoms with E-state index in [1.54, 1.807) is 0 Å². The molecule has 0 unspecified atom stereocenters. The first-order valence-electron chi connectivity index (χ1n) is 10.4. The summed E-state index contributed by atoms with van der Waals surface area (Å²) in [6, 6.07) is 8.77. The summed E-state index contributed by atoms with van der Waals surface area (Å²) in [7, 11) is 0. The Morgan fingerprint density at radius 1 is 0.816 bits per heavy atom. The second-order valence-electron chi connectivity index (χ2n) is 7.98. The van der Waals surface area contributed by atoms with Gasteiger partial charge in [0.15, 0.2) is 6.10 Å². The first-order chi connectivity index (χ1) is 17.4. The van der Waals surface area contributed by atoms with Crippen molar-refractivity contribution in [3.8, 4) is 11.5 Å². The first-order valence-corrected chi connectivity index (χ1v) is 10.8. The molecule has 0 heterocycles. The van der Waals surface area contributed by atoms with Crippen molar-refractivity contribution < 1.29 is 53.7 Å². The average Bonchev–Trinajstić information content (AvgIpc) is 2.79. The Morgan fingerprint density at radius 2 is 1.47 bits per heavy atom. The maximum Gasteiger partial charge on any atom is 0.417 e. The highest BCUT2D eigenvalue weighted by atomic mass is 35.5. The Balaban J connectivity index is 1.97. The van der Waals surface area contributed by atoms with Crippen LogP contribution in [-0.4, -0.2) is 23.9 Å². The van der Waals surface area contributed by atoms with Gasteiger partial charge in [-0.3, -0.25) is 0 Å². The maximum absolute atomic E-state index is 14.3. The molecule has 0 aliphatic rings. The molecule has 1 N–H and O–H groups in total. The summed E-state index contributed by atoms with van der Waals surface area (Å²) in [5, 5.41) is 8.99. The molecule has 3 nitrogen and oxygen atoms in total. The number of ether oxygens (including phenoxy) is 1. The molecule has 0 aliphatic carbocycles. The van der Waals surface area contributed by atoms with E-state index in [4.69, 9.17) is 16.3 Å². The molecule has 0 saturated carbocycles. The van der Waals surface area contributed by atoms with Gasteiger partial charge in [0.05, 0.1) is 22.7 Å². The molecule has 0 bridgehead atoms. The monoisotopic (exact) mass is 575 g/mol. The van der Waals surface area contributed by atoms with E-state index in [1.807, 2.05) is 0 Å². The smallest absolute Gasteiger partial charge is 0.417 e. The zero-order valence-corrected chi connectivity index (χ0v) is 19.5. The minimum atomic E-state index is -5.12. The number of hydrogen-bond donors (Lipinski definition) is 1. The van der Waals surface area contributed by atoms with Gasteiger partial charge in [0, 0.05) is 23.9 Å². The first kappa shape index (κ1) is 29.4. The standard InChI is InChI=1S/C24H16ClF10NO2/c25-19-6-5-17(10-18(19)23(30,31)32)38-16-3-1-2-15(9-16)36(12-21(37)24(33,34)35)11-13-8-14(22(27,28)29)4-7-20(13)26/h1-10,21,37H,11-12H2/t21-/m1/s1. The van der Waals surface area contributed by atoms with E-state index in [-0.39, 0.29) is 17.2 Å². The Morgan fingerprint density at radius 3 is 2.08 bits per heavy atom. The van der Waals surface area contributed by atoms with Crippen LogP contribution in [0, 0.1) is 5.82 Å². The quantitative estimate of drug-likeness (QED) is 0.288. The summed E-state index contributed by atoms with van der Waals surface area (Å²) in [5.74, 6) is -1.64. The van der Waals surface area contributed by atoms with E-state index < -0.39 is 65.3 Å². The number of hydrogen-bond acceptors (Lipinski definition) is 3. The third-order valence-electron chi connectivity index (χ3n) is 5.17. The van der Waals surface area contributed by atoms with Crippen molar-refractivity contribution in [2.75, 3.05) is 11.4 Å². The number of halogens is 11. The highest BCUT2D eigenvalue weighted by Gasteiger charge is 2.40. The Kier molecular flexibility index (Phi) is 8.42. The zero-order valence-electron chi connectivity index (χ0n) is 18.7. The Labute approximate surface area is 213 Å². The van der Waals surface area contributed by atoms with Crippen LogP contribution in [0.5, 0.6) is 11.5 Å². The van der Waals surface area contributed by atoms with E-state index in [9.17, 15) is 49.0 Å². The molecule has 1 atom stereocenters. The van der Waals surface area contributed by atoms with Crippen molar-refractivity contribution in [2.45, 2.75) is 31.2 Å². The molecule has 206 valence electrons. The van der Waals surface area contributed by atoms with Crippen molar-refractivity contribution in [1.82, 2.24) is 0 Å². The van der Waals surface area contributed by atoms with Crippen LogP contribution in [0.4, 0.5) is 49.6 Å². The van der Waals surface area contributed by atoms with Crippen LogP contribution in [0.3, 0.4) is 0 Å². The lowest BCUT2D eigenvalue weighted by molar-refractivity contribution is -0.200. The van der Waals surface area contributed by atoms with Gasteiger partial charge >= 0.3 is 18.5 Å². The fourth-order valence-electron chi connectivity index (χ4n) is 3.32. The fraction of sp³-hybridized carbons (Fsp3) is 0.250. The van der Waals surface area contributed by atoms with Gasteiger partial charge in [-0.05, 0) is 48.5 Å². The van der Waals surface area contributed by atoms with Crippen LogP contribution in [0.1, 0.15) is 16.7 Å². The third-order valence-corrected chi connectivity index (χ3v) is 5.50. The molecule has 0 aromatic heterocycles. The number of aliphatic hydroxyl groups excluding tert-OH is 1. The van der Waals surface area contributed by atoms with Gasteiger partial charge in [-0.15, -0.1) is 0 Å². The van der Waals surface area contributed by atoms with E-state index in [1.165, 1.54) is 18.2 Å². The summed E-state index contributed by atoms with van der Waals surface area (Å²) in [6.45, 7) is -2.03. The molecule has 0 radical (unpaired) electrons. The van der Waals surface area contributed by atoms with Crippen molar-refractivity contribution >= 4 is 17.3 Å². The molecule has 14 heteroatoms. The van der Waals surface area contributed by atoms with Gasteiger partial charge in [-0.2, -0.15) is 39.5 Å². The second kappa shape index (κ2) is 10.9. The number of aliphatic hydroxyl groups is 1. The van der Waals surface area contributed by atoms with Crippen molar-refractivity contribution in [2.24, 2.45) is 0 Å². The zero-order chi connectivity index (χ0) is 28.5. The van der Waals surface area contributed by atoms with E-state index in [0.717, 1.165) is 23.1 Å². The van der Waals surface area contributed by atoms with Crippen LogP contribution in [0.25, 0.3) is 0 Å². The summed E-state index contributed by atoms with van der Waals surface area (Å²) in [6.07, 6.45) is -17.7. The molecule has 0 spiro atoms. The molecular formula is C24H16ClF10NO2. The fourth-order valence-corrected chi connectivity index (χ4v) is 3.54. The summed E-state index contributed by atoms with van der Waals surface area (Å²) >= 11 is 5.57. The van der Waals surface area contributed by atoms with Gasteiger partial charge in [0.25, 0.3) is 0 Å². The number of alkyl halides is 9. The largest absolute Gasteiger partial charge is 0.457 e. The normalized spacial score (nSPS) is 13.4. The van der Waals surface area contributed by atoms with Crippen molar-refractivity contribution in [1.29, 1.82) is 0 Å². The number of benzene rings is 3. The third kappa shape index (κ3) is 7.44. The molecule has 0 fully saturated rings. The molecule has 0 saturated heterocycles. The number of anilines is 1. The maximum atomic E-state index is 14.3. The van der Waals surface area contributed by atoms with Gasteiger partial charge in [0.1, 0.15) is 17.3 Å². The lowest BCUT2D eigenvalue weighted by Gasteiger charge is -2.29. The Bertz CT molecular complexity index is 1270. The lowest BCUT2D eigenvalue weighted by atomic mass is 10.1. The summed E-state index contributed by atoms with van der Waals surface area (Å²) in [4.78, 5) is 0.757. The summed E-state index contributed by atoms with van der Waals surface area (Å²) < 4.78 is 138. The molecule has 0 amide bonds. The van der Waals surface area contributed by atoms with Gasteiger partial charge in [-0.1, -0.05) is 17.7 Å². The minimum Gasteiger partial charge on any atom is -0.457 e. The molecule has 3 rings (SSSR count). The molecule has 3 aromatic carbocycles.